The summed E-state index contributed by atoms with van der Waals surface area (Å²) in [5.74, 6) is -0.0658. The summed E-state index contributed by atoms with van der Waals surface area (Å²) in [4.78, 5) is 31.0. The van der Waals surface area contributed by atoms with E-state index in [0.717, 1.165) is 5.39 Å². The molecular weight excluding hydrogens is 375 g/mol. The predicted octanol–water partition coefficient (Wildman–Crippen LogP) is 2.09. The lowest BCUT2D eigenvalue weighted by atomic mass is 9.97. The number of alkyl halides is 3. The summed E-state index contributed by atoms with van der Waals surface area (Å²) in [5.41, 5.74) is 0.0789. The minimum absolute atomic E-state index is 0.252. The number of carbonyl (C=O) groups is 1. The molecular formula is C17H19F3N7O+. The molecule has 0 spiro atoms. The normalized spacial score (nSPS) is 13.9. The summed E-state index contributed by atoms with van der Waals surface area (Å²) in [6, 6.07) is 1.55. The highest BCUT2D eigenvalue weighted by Gasteiger charge is 2.35. The van der Waals surface area contributed by atoms with Gasteiger partial charge in [0.2, 0.25) is 5.91 Å². The molecule has 0 aliphatic heterocycles. The second-order valence-corrected chi connectivity index (χ2v) is 6.41. The Morgan fingerprint density at radius 3 is 2.82 bits per heavy atom. The van der Waals surface area contributed by atoms with Crippen molar-refractivity contribution in [2.24, 2.45) is 0 Å². The van der Waals surface area contributed by atoms with Crippen LogP contribution in [0.3, 0.4) is 0 Å². The van der Waals surface area contributed by atoms with Gasteiger partial charge < -0.3 is 15.6 Å². The number of halogens is 3. The first-order valence-corrected chi connectivity index (χ1v) is 8.52. The Hall–Kier alpha value is -3.24. The number of aromatic nitrogens is 5. The van der Waals surface area contributed by atoms with Gasteiger partial charge in [-0.3, -0.25) is 4.79 Å². The molecule has 0 saturated heterocycles. The highest BCUT2D eigenvalue weighted by molar-refractivity contribution is 5.91. The van der Waals surface area contributed by atoms with Gasteiger partial charge >= 0.3 is 6.18 Å². The van der Waals surface area contributed by atoms with Gasteiger partial charge in [-0.05, 0) is 24.4 Å². The Balaban J connectivity index is 1.84. The molecule has 0 aromatic carbocycles. The van der Waals surface area contributed by atoms with Crippen molar-refractivity contribution in [2.75, 3.05) is 11.9 Å². The van der Waals surface area contributed by atoms with E-state index >= 15 is 0 Å². The molecule has 3 heterocycles. The van der Waals surface area contributed by atoms with Crippen LogP contribution in [0.15, 0.2) is 31.0 Å². The van der Waals surface area contributed by atoms with E-state index in [1.807, 2.05) is 5.32 Å². The van der Waals surface area contributed by atoms with Crippen LogP contribution in [0.5, 0.6) is 0 Å². The van der Waals surface area contributed by atoms with Crippen molar-refractivity contribution in [2.45, 2.75) is 32.0 Å². The van der Waals surface area contributed by atoms with Crippen molar-refractivity contribution in [3.63, 3.8) is 0 Å². The second-order valence-electron chi connectivity index (χ2n) is 6.41. The molecule has 4 N–H and O–H groups in total. The van der Waals surface area contributed by atoms with Gasteiger partial charge in [-0.15, -0.1) is 0 Å². The number of hydrogen-bond donors (Lipinski definition) is 3. The maximum atomic E-state index is 12.4. The average molecular weight is 394 g/mol. The molecule has 0 bridgehead atoms. The number of aromatic amines is 2. The van der Waals surface area contributed by atoms with Crippen LogP contribution in [0.1, 0.15) is 20.3 Å². The van der Waals surface area contributed by atoms with Crippen LogP contribution in [0, 0.1) is 0 Å². The number of hydrogen-bond acceptors (Lipinski definition) is 5. The molecule has 11 heteroatoms. The van der Waals surface area contributed by atoms with Crippen LogP contribution in [-0.4, -0.2) is 44.1 Å². The number of rotatable bonds is 6. The van der Waals surface area contributed by atoms with Gasteiger partial charge in [0, 0.05) is 12.4 Å². The molecule has 28 heavy (non-hydrogen) atoms. The number of H-pyrrole nitrogens is 2. The topological polar surface area (TPSA) is 110 Å². The zero-order valence-electron chi connectivity index (χ0n) is 15.2. The van der Waals surface area contributed by atoms with Crippen LogP contribution in [-0.2, 0) is 4.79 Å². The van der Waals surface area contributed by atoms with Gasteiger partial charge in [0.15, 0.2) is 5.82 Å². The molecule has 0 fully saturated rings. The summed E-state index contributed by atoms with van der Waals surface area (Å²) >= 11 is 0. The fourth-order valence-electron chi connectivity index (χ4n) is 2.61. The number of fused-ring (bicyclic) bond motifs is 1. The van der Waals surface area contributed by atoms with E-state index in [1.54, 1.807) is 25.4 Å². The van der Waals surface area contributed by atoms with Crippen LogP contribution in [0.25, 0.3) is 22.4 Å². The van der Waals surface area contributed by atoms with E-state index in [-0.39, 0.29) is 6.42 Å². The largest absolute Gasteiger partial charge is 0.405 e. The number of nitrogens with one attached hydrogen (secondary N) is 4. The van der Waals surface area contributed by atoms with E-state index in [4.69, 9.17) is 0 Å². The third-order valence-electron chi connectivity index (χ3n) is 4.35. The Bertz CT molecular complexity index is 988. The second kappa shape index (κ2) is 7.41. The maximum Gasteiger partial charge on any atom is 0.405 e. The van der Waals surface area contributed by atoms with Gasteiger partial charge in [0.1, 0.15) is 24.1 Å². The summed E-state index contributed by atoms with van der Waals surface area (Å²) < 4.78 is 37.2. The third kappa shape index (κ3) is 4.18. The standard InChI is InChI=1S/C17H18F3N7O/c1-3-16(2,15(28)24-8-17(18,19)20)27-12-4-5-22-14(26-12)11-7-23-13-10(11)6-21-9-25-13/h4-7,9H,3,8H2,1-2H3,(H,24,28)(H,21,23,25)(H,22,26,27)/p+1/t16-/m1/s1. The lowest BCUT2D eigenvalue weighted by Crippen LogP contribution is -2.52. The van der Waals surface area contributed by atoms with E-state index < -0.39 is 24.2 Å². The monoisotopic (exact) mass is 394 g/mol. The highest BCUT2D eigenvalue weighted by Crippen LogP contribution is 2.25. The van der Waals surface area contributed by atoms with Gasteiger partial charge in [-0.25, -0.2) is 15.0 Å². The Morgan fingerprint density at radius 2 is 2.11 bits per heavy atom. The predicted molar refractivity (Wildman–Crippen MR) is 95.1 cm³/mol. The molecule has 3 aromatic heterocycles. The first-order valence-electron chi connectivity index (χ1n) is 8.52. The number of nitrogens with zero attached hydrogens (tertiary/aromatic N) is 3. The first-order chi connectivity index (χ1) is 13.2. The Morgan fingerprint density at radius 1 is 1.32 bits per heavy atom. The number of amides is 1. The fraction of sp³-hybridized carbons (Fsp3) is 0.353. The van der Waals surface area contributed by atoms with Crippen molar-refractivity contribution in [1.29, 1.82) is 0 Å². The molecule has 0 aliphatic rings. The molecule has 0 radical (unpaired) electrons. The molecule has 1 atom stereocenters. The van der Waals surface area contributed by atoms with E-state index in [2.05, 4.69) is 30.2 Å². The Labute approximate surface area is 158 Å². The van der Waals surface area contributed by atoms with Crippen molar-refractivity contribution >= 4 is 22.8 Å². The maximum absolute atomic E-state index is 12.4. The molecule has 3 aromatic rings. The highest BCUT2D eigenvalue weighted by atomic mass is 19.4. The van der Waals surface area contributed by atoms with E-state index in [9.17, 15) is 18.0 Å². The van der Waals surface area contributed by atoms with Crippen LogP contribution in [0.2, 0.25) is 0 Å². The van der Waals surface area contributed by atoms with Crippen molar-refractivity contribution < 1.29 is 22.9 Å². The molecule has 148 valence electrons. The number of carbonyl (C=O) groups excluding carboxylic acids is 1. The first kappa shape index (κ1) is 19.5. The minimum Gasteiger partial charge on any atom is -0.356 e. The summed E-state index contributed by atoms with van der Waals surface area (Å²) in [5, 5.41) is 5.62. The molecule has 3 rings (SSSR count). The van der Waals surface area contributed by atoms with Crippen molar-refractivity contribution in [3.05, 3.63) is 31.0 Å². The van der Waals surface area contributed by atoms with Gasteiger partial charge in [0.05, 0.1) is 10.9 Å². The average Bonchev–Trinajstić information content (AvgIpc) is 3.09. The molecule has 1 amide bonds. The summed E-state index contributed by atoms with van der Waals surface area (Å²) in [7, 11) is 0. The van der Waals surface area contributed by atoms with Gasteiger partial charge in [-0.1, -0.05) is 6.92 Å². The zero-order chi connectivity index (χ0) is 20.4. The quantitative estimate of drug-likeness (QED) is 0.593. The van der Waals surface area contributed by atoms with Crippen LogP contribution < -0.4 is 15.6 Å². The SMILES string of the molecule is CC[C@@](C)(Nc1ccnc(-c2c[nH]c3nc[nH+]cc23)n1)C(=O)NCC(F)(F)F. The van der Waals surface area contributed by atoms with Crippen LogP contribution in [0.4, 0.5) is 19.0 Å². The molecule has 0 unspecified atom stereocenters. The summed E-state index contributed by atoms with van der Waals surface area (Å²) in [6.07, 6.45) is 2.27. The van der Waals surface area contributed by atoms with Gasteiger partial charge in [0.25, 0.3) is 12.0 Å². The lowest BCUT2D eigenvalue weighted by Gasteiger charge is -2.29. The lowest BCUT2D eigenvalue weighted by molar-refractivity contribution is -0.380. The van der Waals surface area contributed by atoms with Crippen molar-refractivity contribution in [3.8, 4) is 11.4 Å². The molecule has 0 saturated carbocycles. The van der Waals surface area contributed by atoms with Gasteiger partial charge in [-0.2, -0.15) is 13.2 Å². The third-order valence-corrected chi connectivity index (χ3v) is 4.35. The summed E-state index contributed by atoms with van der Waals surface area (Å²) in [6.45, 7) is 1.82. The zero-order valence-corrected chi connectivity index (χ0v) is 15.2. The molecule has 0 aliphatic carbocycles. The molecule has 8 nitrogen and oxygen atoms in total. The number of anilines is 1. The van der Waals surface area contributed by atoms with E-state index in [1.165, 1.54) is 19.4 Å². The van der Waals surface area contributed by atoms with Crippen molar-refractivity contribution in [1.82, 2.24) is 25.3 Å². The minimum atomic E-state index is -4.48. The fourth-order valence-corrected chi connectivity index (χ4v) is 2.61. The smallest absolute Gasteiger partial charge is 0.356 e. The Kier molecular flexibility index (Phi) is 5.16. The van der Waals surface area contributed by atoms with Crippen LogP contribution >= 0.6 is 0 Å². The van der Waals surface area contributed by atoms with E-state index in [0.29, 0.717) is 22.9 Å².